The molecular weight excluding hydrogens is 465 g/mol. The molecule has 0 aliphatic heterocycles. The highest BCUT2D eigenvalue weighted by molar-refractivity contribution is 7.53. The fraction of sp³-hybridized carbons (Fsp3) is 0.348. The van der Waals surface area contributed by atoms with E-state index in [4.69, 9.17) is 18.5 Å². The summed E-state index contributed by atoms with van der Waals surface area (Å²) in [5, 5.41) is 10.0. The van der Waals surface area contributed by atoms with Gasteiger partial charge in [0.25, 0.3) is 0 Å². The van der Waals surface area contributed by atoms with Crippen LogP contribution < -0.4 is 0 Å². The number of nitrogens with zero attached hydrogens (tertiary/aromatic N) is 1. The van der Waals surface area contributed by atoms with Crippen molar-refractivity contribution in [1.29, 1.82) is 0 Å². The van der Waals surface area contributed by atoms with E-state index in [1.165, 1.54) is 20.8 Å². The lowest BCUT2D eigenvalue weighted by atomic mass is 10.2. The molecule has 0 saturated heterocycles. The summed E-state index contributed by atoms with van der Waals surface area (Å²) in [5.74, 6) is -1.98. The van der Waals surface area contributed by atoms with Crippen LogP contribution in [-0.4, -0.2) is 53.4 Å². The highest BCUT2D eigenvalue weighted by Crippen LogP contribution is 2.51. The number of hydrogen-bond acceptors (Lipinski definition) is 9. The second-order valence-electron chi connectivity index (χ2n) is 7.22. The maximum absolute atomic E-state index is 13.4. The largest absolute Gasteiger partial charge is 0.432 e. The number of carbonyl (C=O) groups excluding carboxylic acids is 3. The van der Waals surface area contributed by atoms with Crippen LogP contribution in [0.4, 0.5) is 0 Å². The van der Waals surface area contributed by atoms with Crippen LogP contribution in [0, 0.1) is 0 Å². The van der Waals surface area contributed by atoms with Gasteiger partial charge in [0.15, 0.2) is 0 Å². The summed E-state index contributed by atoms with van der Waals surface area (Å²) >= 11 is 0. The van der Waals surface area contributed by atoms with E-state index in [0.29, 0.717) is 5.06 Å². The van der Waals surface area contributed by atoms with Gasteiger partial charge in [-0.25, -0.2) is 14.7 Å². The molecule has 1 N–H and O–H groups in total. The molecule has 1 amide bonds. The molecule has 0 aromatic heterocycles. The molecule has 2 rings (SSSR count). The summed E-state index contributed by atoms with van der Waals surface area (Å²) in [4.78, 5) is 35.7. The van der Waals surface area contributed by atoms with Crippen LogP contribution in [0.25, 0.3) is 0 Å². The van der Waals surface area contributed by atoms with Crippen molar-refractivity contribution in [3.8, 4) is 0 Å². The van der Waals surface area contributed by atoms with Crippen molar-refractivity contribution in [2.24, 2.45) is 0 Å². The summed E-state index contributed by atoms with van der Waals surface area (Å²) in [6.45, 7) is 3.77. The number of amides is 1. The molecular formula is C23H28NO9P. The Hall–Kier alpha value is -3.04. The molecule has 34 heavy (non-hydrogen) atoms. The van der Waals surface area contributed by atoms with E-state index < -0.39 is 38.0 Å². The van der Waals surface area contributed by atoms with Crippen molar-refractivity contribution in [2.45, 2.75) is 39.8 Å². The predicted octanol–water partition coefficient (Wildman–Crippen LogP) is 4.25. The molecule has 0 aliphatic rings. The molecule has 2 aromatic rings. The van der Waals surface area contributed by atoms with Gasteiger partial charge < -0.3 is 9.47 Å². The van der Waals surface area contributed by atoms with Crippen molar-refractivity contribution >= 4 is 25.4 Å². The highest BCUT2D eigenvalue weighted by Gasteiger charge is 2.32. The molecule has 2 atom stereocenters. The predicted molar refractivity (Wildman–Crippen MR) is 121 cm³/mol. The Kier molecular flexibility index (Phi) is 10.4. The normalized spacial score (nSPS) is 14.4. The molecule has 2 unspecified atom stereocenters. The van der Waals surface area contributed by atoms with Crippen molar-refractivity contribution in [3.05, 3.63) is 71.8 Å². The fourth-order valence-corrected chi connectivity index (χ4v) is 4.56. The number of hydrogen-bond donors (Lipinski definition) is 1. The molecule has 0 heterocycles. The molecule has 0 fully saturated rings. The van der Waals surface area contributed by atoms with Crippen molar-refractivity contribution < 1.29 is 42.7 Å². The maximum atomic E-state index is 13.4. The first-order valence-electron chi connectivity index (χ1n) is 10.5. The average molecular weight is 493 g/mol. The third-order valence-corrected chi connectivity index (χ3v) is 6.45. The zero-order chi connectivity index (χ0) is 25.1. The molecule has 0 bridgehead atoms. The summed E-state index contributed by atoms with van der Waals surface area (Å²) < 4.78 is 34.7. The van der Waals surface area contributed by atoms with Crippen LogP contribution in [0.5, 0.6) is 0 Å². The van der Waals surface area contributed by atoms with Crippen LogP contribution in [0.1, 0.15) is 47.9 Å². The zero-order valence-electron chi connectivity index (χ0n) is 19.2. The smallest absolute Gasteiger partial charge is 0.340 e. The van der Waals surface area contributed by atoms with Crippen molar-refractivity contribution in [3.63, 3.8) is 0 Å². The van der Waals surface area contributed by atoms with Crippen LogP contribution in [0.3, 0.4) is 0 Å². The van der Waals surface area contributed by atoms with Gasteiger partial charge in [0.05, 0.1) is 17.3 Å². The van der Waals surface area contributed by atoms with Crippen LogP contribution >= 0.6 is 7.60 Å². The lowest BCUT2D eigenvalue weighted by molar-refractivity contribution is -0.162. The first kappa shape index (κ1) is 27.2. The SMILES string of the molecule is CC(=O)N(O)CCCP(=O)(OC(C)OC(=O)c1ccccc1)OC(C)OC(=O)c1ccccc1. The van der Waals surface area contributed by atoms with E-state index in [1.807, 2.05) is 0 Å². The van der Waals surface area contributed by atoms with Gasteiger partial charge in [0.1, 0.15) is 0 Å². The fourth-order valence-electron chi connectivity index (χ4n) is 2.78. The highest BCUT2D eigenvalue weighted by atomic mass is 31.2. The standard InChI is InChI=1S/C23H28NO9P/c1-17(25)24(28)15-10-16-34(29,32-18(2)30-22(26)20-11-6-4-7-12-20)33-19(3)31-23(27)21-13-8-5-9-14-21/h4-9,11-14,18-19,28H,10,15-16H2,1-3H3. The lowest BCUT2D eigenvalue weighted by Crippen LogP contribution is -2.27. The first-order valence-corrected chi connectivity index (χ1v) is 12.3. The first-order chi connectivity index (χ1) is 16.1. The average Bonchev–Trinajstić information content (AvgIpc) is 2.79. The number of carbonyl (C=O) groups is 3. The maximum Gasteiger partial charge on any atom is 0.340 e. The Morgan fingerprint density at radius 1 is 0.853 bits per heavy atom. The van der Waals surface area contributed by atoms with Gasteiger partial charge in [-0.15, -0.1) is 0 Å². The van der Waals surface area contributed by atoms with Gasteiger partial charge in [-0.1, -0.05) is 36.4 Å². The van der Waals surface area contributed by atoms with E-state index in [-0.39, 0.29) is 30.3 Å². The Balaban J connectivity index is 2.04. The molecule has 11 heteroatoms. The van der Waals surface area contributed by atoms with Crippen molar-refractivity contribution in [1.82, 2.24) is 5.06 Å². The van der Waals surface area contributed by atoms with Crippen molar-refractivity contribution in [2.75, 3.05) is 12.7 Å². The zero-order valence-corrected chi connectivity index (χ0v) is 20.1. The monoisotopic (exact) mass is 493 g/mol. The molecule has 2 aromatic carbocycles. The Morgan fingerprint density at radius 2 is 1.26 bits per heavy atom. The van der Waals surface area contributed by atoms with Gasteiger partial charge >= 0.3 is 19.5 Å². The number of esters is 2. The van der Waals surface area contributed by atoms with E-state index in [2.05, 4.69) is 0 Å². The minimum atomic E-state index is -4.02. The Morgan fingerprint density at radius 3 is 1.65 bits per heavy atom. The molecule has 184 valence electrons. The summed E-state index contributed by atoms with van der Waals surface area (Å²) in [6.07, 6.45) is -2.76. The van der Waals surface area contributed by atoms with Crippen LogP contribution in [-0.2, 0) is 27.9 Å². The quantitative estimate of drug-likeness (QED) is 0.152. The molecule has 0 aliphatic carbocycles. The van der Waals surface area contributed by atoms with E-state index in [9.17, 15) is 24.2 Å². The molecule has 0 spiro atoms. The number of ether oxygens (including phenoxy) is 2. The molecule has 0 saturated carbocycles. The number of benzene rings is 2. The van der Waals surface area contributed by atoms with E-state index >= 15 is 0 Å². The molecule has 10 nitrogen and oxygen atoms in total. The van der Waals surface area contributed by atoms with Gasteiger partial charge in [0.2, 0.25) is 18.5 Å². The molecule has 0 radical (unpaired) electrons. The Labute approximate surface area is 197 Å². The van der Waals surface area contributed by atoms with Crippen LogP contribution in [0.2, 0.25) is 0 Å². The van der Waals surface area contributed by atoms with Gasteiger partial charge in [-0.05, 0) is 44.5 Å². The second kappa shape index (κ2) is 13.0. The third-order valence-electron chi connectivity index (χ3n) is 4.35. The topological polar surface area (TPSA) is 129 Å². The second-order valence-corrected chi connectivity index (χ2v) is 9.31. The summed E-state index contributed by atoms with van der Waals surface area (Å²) in [5.41, 5.74) is 0.549. The number of hydroxylamine groups is 2. The lowest BCUT2D eigenvalue weighted by Gasteiger charge is -2.25. The summed E-state index contributed by atoms with van der Waals surface area (Å²) in [6, 6.07) is 16.3. The number of rotatable bonds is 12. The Bertz CT molecular complexity index is 935. The van der Waals surface area contributed by atoms with E-state index in [1.54, 1.807) is 60.7 Å². The van der Waals surface area contributed by atoms with Gasteiger partial charge in [-0.2, -0.15) is 0 Å². The summed E-state index contributed by atoms with van der Waals surface area (Å²) in [7, 11) is -4.02. The van der Waals surface area contributed by atoms with Gasteiger partial charge in [0, 0.05) is 13.5 Å². The minimum absolute atomic E-state index is 0.0338. The minimum Gasteiger partial charge on any atom is -0.432 e. The van der Waals surface area contributed by atoms with Crippen LogP contribution in [0.15, 0.2) is 60.7 Å². The van der Waals surface area contributed by atoms with Gasteiger partial charge in [-0.3, -0.25) is 23.6 Å². The third kappa shape index (κ3) is 9.07. The van der Waals surface area contributed by atoms with E-state index in [0.717, 1.165) is 0 Å².